The number of carbonyl (C=O) groups is 2. The first-order chi connectivity index (χ1) is 15.3. The molecule has 1 N–H and O–H groups in total. The zero-order valence-corrected chi connectivity index (χ0v) is 19.0. The molecular weight excluding hydrogens is 447 g/mol. The summed E-state index contributed by atoms with van der Waals surface area (Å²) in [7, 11) is 0. The lowest BCUT2D eigenvalue weighted by Gasteiger charge is -2.26. The van der Waals surface area contributed by atoms with Gasteiger partial charge in [0.15, 0.2) is 0 Å². The van der Waals surface area contributed by atoms with Crippen molar-refractivity contribution in [3.63, 3.8) is 0 Å². The summed E-state index contributed by atoms with van der Waals surface area (Å²) in [6.07, 6.45) is 3.24. The number of pyridine rings is 1. The number of nitrogens with zero attached hydrogens (tertiary/aromatic N) is 2. The van der Waals surface area contributed by atoms with Crippen LogP contribution in [0.2, 0.25) is 10.0 Å². The molecule has 3 aromatic rings. The number of likely N-dealkylation sites (tertiary alicyclic amines) is 1. The van der Waals surface area contributed by atoms with Gasteiger partial charge < -0.3 is 10.0 Å². The van der Waals surface area contributed by atoms with Gasteiger partial charge in [-0.1, -0.05) is 47.0 Å². The van der Waals surface area contributed by atoms with E-state index in [4.69, 9.17) is 23.2 Å². The number of hydrogen-bond acceptors (Lipinski definition) is 4. The lowest BCUT2D eigenvalue weighted by molar-refractivity contribution is -0.140. The van der Waals surface area contributed by atoms with Crippen molar-refractivity contribution in [3.05, 3.63) is 104 Å². The molecule has 1 aliphatic rings. The van der Waals surface area contributed by atoms with Crippen molar-refractivity contribution >= 4 is 40.7 Å². The number of Topliss-reactive ketones (excluding diaryl/α,β-unsaturated/α-hetero) is 1. The molecule has 7 heteroatoms. The second-order valence-corrected chi connectivity index (χ2v) is 8.59. The van der Waals surface area contributed by atoms with Crippen LogP contribution in [-0.2, 0) is 16.1 Å². The molecule has 1 aliphatic heterocycles. The zero-order valence-electron chi connectivity index (χ0n) is 17.5. The van der Waals surface area contributed by atoms with Crippen molar-refractivity contribution in [2.75, 3.05) is 0 Å². The summed E-state index contributed by atoms with van der Waals surface area (Å²) < 4.78 is 0. The van der Waals surface area contributed by atoms with Crippen LogP contribution in [0.25, 0.3) is 5.76 Å². The molecule has 0 saturated carbocycles. The highest BCUT2D eigenvalue weighted by molar-refractivity contribution is 6.46. The van der Waals surface area contributed by atoms with Gasteiger partial charge in [-0.2, -0.15) is 0 Å². The summed E-state index contributed by atoms with van der Waals surface area (Å²) in [5.74, 6) is -1.64. The van der Waals surface area contributed by atoms with Crippen LogP contribution in [0, 0.1) is 13.8 Å². The third kappa shape index (κ3) is 4.01. The second-order valence-electron chi connectivity index (χ2n) is 7.77. The highest BCUT2D eigenvalue weighted by Gasteiger charge is 2.46. The number of hydrogen-bond donors (Lipinski definition) is 1. The number of rotatable bonds is 4. The molecule has 1 atom stereocenters. The summed E-state index contributed by atoms with van der Waals surface area (Å²) in [5, 5.41) is 11.9. The molecule has 1 amide bonds. The predicted molar refractivity (Wildman–Crippen MR) is 124 cm³/mol. The average Bonchev–Trinajstić information content (AvgIpc) is 3.02. The topological polar surface area (TPSA) is 70.5 Å². The molecule has 0 bridgehead atoms. The SMILES string of the molecule is Cc1ccc(C)c(/C(O)=C2\C(=O)C(=O)N(Cc3ccncc3)C2c2ccc(Cl)c(Cl)c2)c1. The van der Waals surface area contributed by atoms with E-state index in [1.807, 2.05) is 26.0 Å². The summed E-state index contributed by atoms with van der Waals surface area (Å²) in [6, 6.07) is 13.3. The van der Waals surface area contributed by atoms with E-state index in [1.54, 1.807) is 48.8 Å². The van der Waals surface area contributed by atoms with E-state index in [-0.39, 0.29) is 17.9 Å². The van der Waals surface area contributed by atoms with E-state index >= 15 is 0 Å². The van der Waals surface area contributed by atoms with Crippen LogP contribution in [0.1, 0.15) is 33.9 Å². The summed E-state index contributed by atoms with van der Waals surface area (Å²) in [4.78, 5) is 31.7. The number of amides is 1. The number of ketones is 1. The van der Waals surface area contributed by atoms with Crippen molar-refractivity contribution < 1.29 is 14.7 Å². The van der Waals surface area contributed by atoms with Crippen molar-refractivity contribution in [3.8, 4) is 0 Å². The molecule has 162 valence electrons. The van der Waals surface area contributed by atoms with Crippen LogP contribution < -0.4 is 0 Å². The maximum atomic E-state index is 13.2. The van der Waals surface area contributed by atoms with Crippen molar-refractivity contribution in [1.82, 2.24) is 9.88 Å². The van der Waals surface area contributed by atoms with Crippen LogP contribution in [0.3, 0.4) is 0 Å². The van der Waals surface area contributed by atoms with Gasteiger partial charge in [-0.15, -0.1) is 0 Å². The van der Waals surface area contributed by atoms with Crippen LogP contribution in [0.5, 0.6) is 0 Å². The van der Waals surface area contributed by atoms with E-state index in [9.17, 15) is 14.7 Å². The molecule has 2 aromatic carbocycles. The Bertz CT molecular complexity index is 1260. The third-order valence-corrected chi connectivity index (χ3v) is 6.29. The smallest absolute Gasteiger partial charge is 0.295 e. The Morgan fingerprint density at radius 3 is 2.41 bits per heavy atom. The molecule has 1 saturated heterocycles. The Hall–Kier alpha value is -3.15. The first kappa shape index (κ1) is 22.1. The van der Waals surface area contributed by atoms with E-state index in [0.717, 1.165) is 16.7 Å². The van der Waals surface area contributed by atoms with Gasteiger partial charge in [0.05, 0.1) is 21.7 Å². The van der Waals surface area contributed by atoms with Crippen molar-refractivity contribution in [1.29, 1.82) is 0 Å². The van der Waals surface area contributed by atoms with E-state index in [2.05, 4.69) is 4.98 Å². The summed E-state index contributed by atoms with van der Waals surface area (Å²) in [6.45, 7) is 3.91. The number of halogens is 2. The summed E-state index contributed by atoms with van der Waals surface area (Å²) in [5.41, 5.74) is 3.64. The van der Waals surface area contributed by atoms with Gasteiger partial charge in [0.2, 0.25) is 0 Å². The molecule has 1 aromatic heterocycles. The lowest BCUT2D eigenvalue weighted by Crippen LogP contribution is -2.29. The maximum Gasteiger partial charge on any atom is 0.295 e. The Morgan fingerprint density at radius 2 is 1.72 bits per heavy atom. The molecule has 5 nitrogen and oxygen atoms in total. The Balaban J connectivity index is 1.92. The highest BCUT2D eigenvalue weighted by Crippen LogP contribution is 2.42. The predicted octanol–water partition coefficient (Wildman–Crippen LogP) is 5.63. The number of carbonyl (C=O) groups excluding carboxylic acids is 2. The highest BCUT2D eigenvalue weighted by atomic mass is 35.5. The van der Waals surface area contributed by atoms with E-state index in [1.165, 1.54) is 4.90 Å². The molecule has 1 fully saturated rings. The molecule has 0 aliphatic carbocycles. The normalized spacial score (nSPS) is 17.8. The molecule has 2 heterocycles. The molecule has 0 radical (unpaired) electrons. The minimum Gasteiger partial charge on any atom is -0.507 e. The zero-order chi connectivity index (χ0) is 23.0. The van der Waals surface area contributed by atoms with Crippen LogP contribution >= 0.6 is 23.2 Å². The van der Waals surface area contributed by atoms with Crippen LogP contribution in [0.15, 0.2) is 66.5 Å². The van der Waals surface area contributed by atoms with Crippen LogP contribution in [0.4, 0.5) is 0 Å². The molecule has 32 heavy (non-hydrogen) atoms. The van der Waals surface area contributed by atoms with Gasteiger partial charge >= 0.3 is 0 Å². The van der Waals surface area contributed by atoms with Gasteiger partial charge in [0, 0.05) is 24.5 Å². The van der Waals surface area contributed by atoms with Gasteiger partial charge in [-0.05, 0) is 60.9 Å². The fraction of sp³-hybridized carbons (Fsp3) is 0.160. The Labute approximate surface area is 195 Å². The van der Waals surface area contributed by atoms with Gasteiger partial charge in [0.25, 0.3) is 11.7 Å². The molecule has 0 spiro atoms. The van der Waals surface area contributed by atoms with Crippen LogP contribution in [-0.4, -0.2) is 26.7 Å². The Kier molecular flexibility index (Phi) is 6.04. The monoisotopic (exact) mass is 466 g/mol. The average molecular weight is 467 g/mol. The lowest BCUT2D eigenvalue weighted by atomic mass is 9.93. The molecule has 4 rings (SSSR count). The van der Waals surface area contributed by atoms with Gasteiger partial charge in [-0.25, -0.2) is 0 Å². The minimum absolute atomic E-state index is 0.0242. The largest absolute Gasteiger partial charge is 0.507 e. The maximum absolute atomic E-state index is 13.2. The van der Waals surface area contributed by atoms with Gasteiger partial charge in [0.1, 0.15) is 5.76 Å². The van der Waals surface area contributed by atoms with Crippen molar-refractivity contribution in [2.45, 2.75) is 26.4 Å². The Morgan fingerprint density at radius 1 is 1.00 bits per heavy atom. The number of aromatic nitrogens is 1. The van der Waals surface area contributed by atoms with Crippen molar-refractivity contribution in [2.24, 2.45) is 0 Å². The second kappa shape index (κ2) is 8.77. The first-order valence-electron chi connectivity index (χ1n) is 9.98. The fourth-order valence-corrected chi connectivity index (χ4v) is 4.20. The molecule has 1 unspecified atom stereocenters. The third-order valence-electron chi connectivity index (χ3n) is 5.55. The molecular formula is C25H20Cl2N2O3. The number of aliphatic hydroxyl groups excluding tert-OH is 1. The van der Waals surface area contributed by atoms with E-state index in [0.29, 0.717) is 21.2 Å². The quantitative estimate of drug-likeness (QED) is 0.307. The van der Waals surface area contributed by atoms with E-state index < -0.39 is 17.7 Å². The fourth-order valence-electron chi connectivity index (χ4n) is 3.89. The standard InChI is InChI=1S/C25H20Cl2N2O3/c1-14-3-4-15(2)18(11-14)23(30)21-22(17-5-6-19(26)20(27)12-17)29(25(32)24(21)31)13-16-7-9-28-10-8-16/h3-12,22,30H,13H2,1-2H3/b23-21+. The number of aryl methyl sites for hydroxylation is 2. The summed E-state index contributed by atoms with van der Waals surface area (Å²) >= 11 is 12.4. The van der Waals surface area contributed by atoms with Gasteiger partial charge in [-0.3, -0.25) is 14.6 Å². The number of benzene rings is 2. The minimum atomic E-state index is -0.821. The first-order valence-corrected chi connectivity index (χ1v) is 10.7. The number of aliphatic hydroxyl groups is 1.